The number of hydrogen-bond acceptors (Lipinski definition) is 8. The molecule has 0 saturated carbocycles. The van der Waals surface area contributed by atoms with E-state index in [4.69, 9.17) is 4.74 Å². The molecule has 0 spiro atoms. The van der Waals surface area contributed by atoms with Gasteiger partial charge >= 0.3 is 5.97 Å². The molecule has 0 aromatic heterocycles. The maximum absolute atomic E-state index is 13.3. The number of ether oxygens (including phenoxy) is 1. The fraction of sp³-hybridized carbons (Fsp3) is 0.750. The number of unbranched alkanes of at least 4 members (excludes halogenated alkanes) is 1. The molecule has 2 aliphatic heterocycles. The summed E-state index contributed by atoms with van der Waals surface area (Å²) in [5.41, 5.74) is 0. The van der Waals surface area contributed by atoms with Crippen LogP contribution in [0.5, 0.6) is 0 Å². The van der Waals surface area contributed by atoms with Gasteiger partial charge in [0.05, 0.1) is 25.0 Å². The van der Waals surface area contributed by atoms with Crippen LogP contribution in [0.15, 0.2) is 12.2 Å². The van der Waals surface area contributed by atoms with Gasteiger partial charge in [-0.05, 0) is 24.8 Å². The fourth-order valence-corrected chi connectivity index (χ4v) is 6.06. The third kappa shape index (κ3) is 10.0. The lowest BCUT2D eigenvalue weighted by atomic mass is 9.92. The van der Waals surface area contributed by atoms with Crippen molar-refractivity contribution in [3.63, 3.8) is 0 Å². The van der Waals surface area contributed by atoms with Crippen LogP contribution in [0.2, 0.25) is 0 Å². The largest absolute Gasteiger partial charge is 0.457 e. The van der Waals surface area contributed by atoms with E-state index in [1.165, 1.54) is 10.8 Å². The molecule has 6 atom stereocenters. The lowest BCUT2D eigenvalue weighted by Crippen LogP contribution is -2.58. The van der Waals surface area contributed by atoms with Crippen molar-refractivity contribution in [1.29, 1.82) is 0 Å². The van der Waals surface area contributed by atoms with Gasteiger partial charge in [0, 0.05) is 11.5 Å². The van der Waals surface area contributed by atoms with E-state index in [9.17, 15) is 24.3 Å². The smallest absolute Gasteiger partial charge is 0.309 e. The van der Waals surface area contributed by atoms with Crippen molar-refractivity contribution in [2.45, 2.75) is 96.1 Å². The zero-order valence-corrected chi connectivity index (χ0v) is 22.4. The van der Waals surface area contributed by atoms with E-state index >= 15 is 0 Å². The van der Waals surface area contributed by atoms with Crippen LogP contribution < -0.4 is 16.0 Å². The summed E-state index contributed by atoms with van der Waals surface area (Å²) in [5, 5.41) is 19.3. The molecule has 2 aliphatic rings. The highest BCUT2D eigenvalue weighted by atomic mass is 33.1. The van der Waals surface area contributed by atoms with Crippen LogP contribution in [0.3, 0.4) is 0 Å². The monoisotopic (exact) mass is 529 g/mol. The van der Waals surface area contributed by atoms with E-state index in [0.717, 1.165) is 18.6 Å². The molecule has 2 heterocycles. The van der Waals surface area contributed by atoms with Gasteiger partial charge in [-0.1, -0.05) is 67.7 Å². The van der Waals surface area contributed by atoms with E-state index in [0.29, 0.717) is 25.0 Å². The normalized spacial score (nSPS) is 31.5. The molecule has 11 heteroatoms. The van der Waals surface area contributed by atoms with Crippen LogP contribution in [0, 0.1) is 5.92 Å². The first kappa shape index (κ1) is 29.5. The molecular weight excluding hydrogens is 490 g/mol. The number of aliphatic hydroxyl groups is 1. The van der Waals surface area contributed by atoms with Crippen LogP contribution in [0.1, 0.15) is 65.7 Å². The van der Waals surface area contributed by atoms with Gasteiger partial charge in [0.25, 0.3) is 0 Å². The average Bonchev–Trinajstić information content (AvgIpc) is 2.81. The SMILES string of the molecule is CCCC[C@H]1NC(=O)C[C@H]2/C=C/CCSSC[C@@H](NC1=O)C(=O)NC(C(C)CC)[C@@H](O)CC(=O)O2. The van der Waals surface area contributed by atoms with Crippen molar-refractivity contribution in [3.8, 4) is 0 Å². The molecule has 0 radical (unpaired) electrons. The number of carbonyl (C=O) groups excluding carboxylic acids is 4. The summed E-state index contributed by atoms with van der Waals surface area (Å²) >= 11 is 0. The first-order valence-electron chi connectivity index (χ1n) is 12.4. The molecule has 1 fully saturated rings. The topological polar surface area (TPSA) is 134 Å². The standard InChI is InChI=1S/C24H39N3O6S2/c1-4-6-10-17-23(31)26-18-14-35-34-11-8-7-9-16(12-20(29)25-17)33-21(30)13-19(28)22(15(3)5-2)27-24(18)32/h7,9,15-19,22,28H,4-6,8,10-14H2,1-3H3,(H,25,29)(H,26,31)(H,27,32)/b9-7+/t15?,16-,17-,18-,19+,22?/m1/s1. The summed E-state index contributed by atoms with van der Waals surface area (Å²) in [5.74, 6) is -0.959. The highest BCUT2D eigenvalue weighted by Gasteiger charge is 2.34. The number of carbonyl (C=O) groups is 4. The Kier molecular flexibility index (Phi) is 13.0. The molecule has 0 aromatic rings. The third-order valence-corrected chi connectivity index (χ3v) is 8.64. The van der Waals surface area contributed by atoms with E-state index in [1.54, 1.807) is 16.9 Å². The summed E-state index contributed by atoms with van der Waals surface area (Å²) in [6.07, 6.45) is 4.47. The summed E-state index contributed by atoms with van der Waals surface area (Å²) in [7, 11) is 3.06. The molecule has 2 unspecified atom stereocenters. The van der Waals surface area contributed by atoms with Crippen molar-refractivity contribution in [3.05, 3.63) is 12.2 Å². The van der Waals surface area contributed by atoms with Gasteiger partial charge in [0.2, 0.25) is 17.7 Å². The molecule has 2 rings (SSSR count). The Morgan fingerprint density at radius 2 is 1.86 bits per heavy atom. The Morgan fingerprint density at radius 3 is 2.57 bits per heavy atom. The number of fused-ring (bicyclic) bond motifs is 7. The van der Waals surface area contributed by atoms with Crippen LogP contribution >= 0.6 is 21.6 Å². The number of allylic oxidation sites excluding steroid dienone is 1. The van der Waals surface area contributed by atoms with E-state index < -0.39 is 54.0 Å². The number of hydrogen-bond donors (Lipinski definition) is 4. The second-order valence-corrected chi connectivity index (χ2v) is 11.7. The van der Waals surface area contributed by atoms with Crippen molar-refractivity contribution in [2.75, 3.05) is 11.5 Å². The predicted octanol–water partition coefficient (Wildman–Crippen LogP) is 2.08. The molecule has 0 aliphatic carbocycles. The number of esters is 1. The van der Waals surface area contributed by atoms with Crippen molar-refractivity contribution in [1.82, 2.24) is 16.0 Å². The van der Waals surface area contributed by atoms with Gasteiger partial charge < -0.3 is 25.8 Å². The van der Waals surface area contributed by atoms with Crippen molar-refractivity contribution < 1.29 is 29.0 Å². The molecule has 0 aromatic carbocycles. The third-order valence-electron chi connectivity index (χ3n) is 6.19. The molecule has 9 nitrogen and oxygen atoms in total. The Hall–Kier alpha value is -1.72. The number of amides is 3. The minimum absolute atomic E-state index is 0.120. The van der Waals surface area contributed by atoms with Crippen molar-refractivity contribution >= 4 is 45.3 Å². The summed E-state index contributed by atoms with van der Waals surface area (Å²) in [6, 6.07) is -2.35. The highest BCUT2D eigenvalue weighted by molar-refractivity contribution is 8.76. The van der Waals surface area contributed by atoms with Crippen LogP contribution in [0.25, 0.3) is 0 Å². The number of nitrogens with one attached hydrogen (secondary N) is 3. The quantitative estimate of drug-likeness (QED) is 0.242. The van der Waals surface area contributed by atoms with E-state index in [2.05, 4.69) is 16.0 Å². The van der Waals surface area contributed by atoms with Crippen LogP contribution in [-0.4, -0.2) is 70.6 Å². The lowest BCUT2D eigenvalue weighted by molar-refractivity contribution is -0.151. The molecule has 1 saturated heterocycles. The Morgan fingerprint density at radius 1 is 1.09 bits per heavy atom. The zero-order chi connectivity index (χ0) is 25.8. The predicted molar refractivity (Wildman–Crippen MR) is 139 cm³/mol. The van der Waals surface area contributed by atoms with Crippen LogP contribution in [-0.2, 0) is 23.9 Å². The van der Waals surface area contributed by atoms with Gasteiger partial charge in [0.15, 0.2) is 0 Å². The van der Waals surface area contributed by atoms with E-state index in [1.807, 2.05) is 26.8 Å². The molecule has 3 amide bonds. The highest BCUT2D eigenvalue weighted by Crippen LogP contribution is 2.24. The maximum atomic E-state index is 13.3. The fourth-order valence-electron chi connectivity index (χ4n) is 3.91. The van der Waals surface area contributed by atoms with Crippen LogP contribution in [0.4, 0.5) is 0 Å². The second kappa shape index (κ2) is 15.4. The second-order valence-electron chi connectivity index (χ2n) is 9.07. The van der Waals surface area contributed by atoms with Gasteiger partial charge in [0.1, 0.15) is 18.2 Å². The molecular formula is C24H39N3O6S2. The summed E-state index contributed by atoms with van der Waals surface area (Å²) < 4.78 is 5.54. The minimum atomic E-state index is -1.17. The van der Waals surface area contributed by atoms with Gasteiger partial charge in [-0.15, -0.1) is 0 Å². The first-order valence-corrected chi connectivity index (χ1v) is 14.9. The zero-order valence-electron chi connectivity index (χ0n) is 20.8. The molecule has 35 heavy (non-hydrogen) atoms. The van der Waals surface area contributed by atoms with Gasteiger partial charge in [-0.3, -0.25) is 19.2 Å². The number of aliphatic hydroxyl groups excluding tert-OH is 1. The lowest BCUT2D eigenvalue weighted by Gasteiger charge is -2.31. The van der Waals surface area contributed by atoms with Gasteiger partial charge in [-0.25, -0.2) is 0 Å². The van der Waals surface area contributed by atoms with Crippen molar-refractivity contribution in [2.24, 2.45) is 5.92 Å². The number of rotatable bonds is 5. The Labute approximate surface area is 215 Å². The van der Waals surface area contributed by atoms with Gasteiger partial charge in [-0.2, -0.15) is 0 Å². The molecule has 198 valence electrons. The summed E-state index contributed by atoms with van der Waals surface area (Å²) in [4.78, 5) is 51.9. The first-order chi connectivity index (χ1) is 16.7. The maximum Gasteiger partial charge on any atom is 0.309 e. The molecule has 2 bridgehead atoms. The summed E-state index contributed by atoms with van der Waals surface area (Å²) in [6.45, 7) is 5.82. The Balaban J connectivity index is 2.46. The van der Waals surface area contributed by atoms with E-state index in [-0.39, 0.29) is 18.8 Å². The molecule has 4 N–H and O–H groups in total. The minimum Gasteiger partial charge on any atom is -0.457 e. The Bertz CT molecular complexity index is 766. The average molecular weight is 530 g/mol.